The number of aliphatic carboxylic acids is 1. The molecule has 0 fully saturated rings. The lowest BCUT2D eigenvalue weighted by molar-refractivity contribution is -0.138. The summed E-state index contributed by atoms with van der Waals surface area (Å²) in [6.45, 7) is 6.02. The molecule has 0 aliphatic rings. The second-order valence-electron chi connectivity index (χ2n) is 3.30. The maximum Gasteiger partial charge on any atom is 0.317 e. The van der Waals surface area contributed by atoms with E-state index in [1.165, 1.54) is 0 Å². The van der Waals surface area contributed by atoms with Gasteiger partial charge in [-0.2, -0.15) is 0 Å². The maximum absolute atomic E-state index is 10.7. The molecular formula is C11H15NO3. The fourth-order valence-electron chi connectivity index (χ4n) is 1.41. The first kappa shape index (κ1) is 11.5. The lowest BCUT2D eigenvalue weighted by atomic mass is 10.2. The molecule has 0 amide bonds. The van der Waals surface area contributed by atoms with E-state index in [0.29, 0.717) is 6.54 Å². The Morgan fingerprint density at radius 2 is 2.53 bits per heavy atom. The zero-order chi connectivity index (χ0) is 11.3. The van der Waals surface area contributed by atoms with E-state index in [-0.39, 0.29) is 12.6 Å². The molecule has 1 aromatic rings. The van der Waals surface area contributed by atoms with Crippen LogP contribution in [0.2, 0.25) is 0 Å². The molecule has 1 aromatic heterocycles. The molecule has 1 rings (SSSR count). The largest absolute Gasteiger partial charge is 0.480 e. The highest BCUT2D eigenvalue weighted by Crippen LogP contribution is 2.19. The van der Waals surface area contributed by atoms with Gasteiger partial charge in [-0.05, 0) is 19.1 Å². The number of rotatable bonds is 6. The van der Waals surface area contributed by atoms with Crippen LogP contribution in [0.25, 0.3) is 0 Å². The Morgan fingerprint density at radius 3 is 3.00 bits per heavy atom. The van der Waals surface area contributed by atoms with E-state index in [1.54, 1.807) is 23.3 Å². The van der Waals surface area contributed by atoms with Crippen molar-refractivity contribution in [2.45, 2.75) is 13.0 Å². The van der Waals surface area contributed by atoms with Crippen molar-refractivity contribution >= 4 is 5.97 Å². The summed E-state index contributed by atoms with van der Waals surface area (Å²) in [4.78, 5) is 12.4. The molecule has 4 heteroatoms. The summed E-state index contributed by atoms with van der Waals surface area (Å²) in [5.41, 5.74) is 0. The molecule has 0 spiro atoms. The molecule has 0 saturated carbocycles. The first-order valence-electron chi connectivity index (χ1n) is 4.75. The van der Waals surface area contributed by atoms with Gasteiger partial charge in [0.1, 0.15) is 5.76 Å². The molecule has 15 heavy (non-hydrogen) atoms. The molecule has 82 valence electrons. The van der Waals surface area contributed by atoms with Crippen molar-refractivity contribution < 1.29 is 14.3 Å². The van der Waals surface area contributed by atoms with Gasteiger partial charge in [0.05, 0.1) is 18.8 Å². The quantitative estimate of drug-likeness (QED) is 0.727. The van der Waals surface area contributed by atoms with E-state index in [0.717, 1.165) is 5.76 Å². The zero-order valence-corrected chi connectivity index (χ0v) is 8.72. The predicted molar refractivity (Wildman–Crippen MR) is 56.5 cm³/mol. The third-order valence-electron chi connectivity index (χ3n) is 2.20. The van der Waals surface area contributed by atoms with Crippen LogP contribution in [0.15, 0.2) is 35.5 Å². The van der Waals surface area contributed by atoms with Crippen molar-refractivity contribution in [3.63, 3.8) is 0 Å². The second-order valence-corrected chi connectivity index (χ2v) is 3.30. The summed E-state index contributed by atoms with van der Waals surface area (Å²) in [6, 6.07) is 3.57. The zero-order valence-electron chi connectivity index (χ0n) is 8.72. The number of hydrogen-bond donors (Lipinski definition) is 1. The van der Waals surface area contributed by atoms with Gasteiger partial charge in [-0.3, -0.25) is 9.69 Å². The fourth-order valence-corrected chi connectivity index (χ4v) is 1.41. The van der Waals surface area contributed by atoms with Crippen molar-refractivity contribution in [3.05, 3.63) is 36.8 Å². The van der Waals surface area contributed by atoms with Gasteiger partial charge in [0, 0.05) is 6.54 Å². The van der Waals surface area contributed by atoms with Gasteiger partial charge >= 0.3 is 5.97 Å². The normalized spacial score (nSPS) is 12.7. The molecule has 0 bridgehead atoms. The van der Waals surface area contributed by atoms with Crippen molar-refractivity contribution in [1.29, 1.82) is 0 Å². The average molecular weight is 209 g/mol. The molecule has 0 saturated heterocycles. The molecule has 0 aliphatic heterocycles. The van der Waals surface area contributed by atoms with E-state index in [2.05, 4.69) is 6.58 Å². The minimum atomic E-state index is -0.852. The third kappa shape index (κ3) is 3.25. The van der Waals surface area contributed by atoms with E-state index in [9.17, 15) is 4.79 Å². The highest BCUT2D eigenvalue weighted by molar-refractivity contribution is 5.69. The van der Waals surface area contributed by atoms with Gasteiger partial charge in [-0.15, -0.1) is 6.58 Å². The first-order chi connectivity index (χ1) is 7.15. The minimum Gasteiger partial charge on any atom is -0.480 e. The topological polar surface area (TPSA) is 53.7 Å². The van der Waals surface area contributed by atoms with Crippen LogP contribution in [0.1, 0.15) is 18.7 Å². The summed E-state index contributed by atoms with van der Waals surface area (Å²) in [6.07, 6.45) is 3.26. The number of carbonyl (C=O) groups is 1. The van der Waals surface area contributed by atoms with E-state index in [4.69, 9.17) is 9.52 Å². The Balaban J connectivity index is 2.70. The van der Waals surface area contributed by atoms with Crippen LogP contribution in [0, 0.1) is 0 Å². The standard InChI is InChI=1S/C11H15NO3/c1-3-6-12(8-11(13)14)9(2)10-5-4-7-15-10/h3-5,7,9H,1,6,8H2,2H3,(H,13,14). The smallest absolute Gasteiger partial charge is 0.317 e. The monoisotopic (exact) mass is 209 g/mol. The molecule has 0 aliphatic carbocycles. The molecule has 1 N–H and O–H groups in total. The van der Waals surface area contributed by atoms with Crippen molar-refractivity contribution in [3.8, 4) is 0 Å². The Labute approximate surface area is 88.8 Å². The van der Waals surface area contributed by atoms with E-state index >= 15 is 0 Å². The van der Waals surface area contributed by atoms with Crippen LogP contribution in [-0.2, 0) is 4.79 Å². The van der Waals surface area contributed by atoms with Crippen molar-refractivity contribution in [2.24, 2.45) is 0 Å². The maximum atomic E-state index is 10.7. The van der Waals surface area contributed by atoms with Crippen molar-refractivity contribution in [2.75, 3.05) is 13.1 Å². The molecule has 0 aromatic carbocycles. The summed E-state index contributed by atoms with van der Waals surface area (Å²) in [5, 5.41) is 8.75. The van der Waals surface area contributed by atoms with Gasteiger partial charge in [0.15, 0.2) is 0 Å². The number of carboxylic acid groups (broad SMARTS) is 1. The third-order valence-corrected chi connectivity index (χ3v) is 2.20. The number of carboxylic acids is 1. The van der Waals surface area contributed by atoms with Gasteiger partial charge in [-0.1, -0.05) is 6.08 Å². The summed E-state index contributed by atoms with van der Waals surface area (Å²) in [7, 11) is 0. The van der Waals surface area contributed by atoms with Crippen LogP contribution in [-0.4, -0.2) is 29.1 Å². The summed E-state index contributed by atoms with van der Waals surface area (Å²) < 4.78 is 5.24. The number of hydrogen-bond acceptors (Lipinski definition) is 3. The highest BCUT2D eigenvalue weighted by atomic mass is 16.4. The van der Waals surface area contributed by atoms with Gasteiger partial charge in [0.25, 0.3) is 0 Å². The minimum absolute atomic E-state index is 0.0200. The summed E-state index contributed by atoms with van der Waals surface area (Å²) in [5.74, 6) is -0.0895. The summed E-state index contributed by atoms with van der Waals surface area (Å²) >= 11 is 0. The van der Waals surface area contributed by atoms with Gasteiger partial charge in [0.2, 0.25) is 0 Å². The van der Waals surface area contributed by atoms with Crippen molar-refractivity contribution in [1.82, 2.24) is 4.90 Å². The van der Waals surface area contributed by atoms with Crippen LogP contribution < -0.4 is 0 Å². The molecular weight excluding hydrogens is 194 g/mol. The number of furan rings is 1. The molecule has 1 unspecified atom stereocenters. The molecule has 1 heterocycles. The Kier molecular flexibility index (Phi) is 4.12. The fraction of sp³-hybridized carbons (Fsp3) is 0.364. The van der Waals surface area contributed by atoms with Gasteiger partial charge < -0.3 is 9.52 Å². The predicted octanol–water partition coefficient (Wildman–Crippen LogP) is 1.91. The Bertz CT molecular complexity index is 319. The van der Waals surface area contributed by atoms with Crippen LogP contribution in [0.4, 0.5) is 0 Å². The van der Waals surface area contributed by atoms with Crippen LogP contribution >= 0.6 is 0 Å². The second kappa shape index (κ2) is 5.36. The van der Waals surface area contributed by atoms with Crippen LogP contribution in [0.3, 0.4) is 0 Å². The average Bonchev–Trinajstić information content (AvgIpc) is 2.68. The SMILES string of the molecule is C=CCN(CC(=O)O)C(C)c1ccco1. The van der Waals surface area contributed by atoms with Crippen LogP contribution in [0.5, 0.6) is 0 Å². The van der Waals surface area contributed by atoms with E-state index in [1.807, 2.05) is 13.0 Å². The van der Waals surface area contributed by atoms with E-state index < -0.39 is 5.97 Å². The first-order valence-corrected chi connectivity index (χ1v) is 4.75. The molecule has 4 nitrogen and oxygen atoms in total. The lowest BCUT2D eigenvalue weighted by Crippen LogP contribution is -2.32. The number of nitrogens with zero attached hydrogens (tertiary/aromatic N) is 1. The Morgan fingerprint density at radius 1 is 1.80 bits per heavy atom. The van der Waals surface area contributed by atoms with Gasteiger partial charge in [-0.25, -0.2) is 0 Å². The lowest BCUT2D eigenvalue weighted by Gasteiger charge is -2.24. The highest BCUT2D eigenvalue weighted by Gasteiger charge is 2.18. The molecule has 0 radical (unpaired) electrons. The Hall–Kier alpha value is -1.55. The molecule has 1 atom stereocenters.